The standard InChI is InChI=1S/C8H4F2N2O3/c9-7(10)3-2-12-4(1-11)5(6(3)13)8(14)15/h2,7H,(H,12,13)(H,14,15). The second kappa shape index (κ2) is 3.88. The number of pyridine rings is 1. The summed E-state index contributed by atoms with van der Waals surface area (Å²) in [5.74, 6) is -1.71. The van der Waals surface area contributed by atoms with Crippen molar-refractivity contribution in [3.8, 4) is 6.07 Å². The van der Waals surface area contributed by atoms with Gasteiger partial charge in [0, 0.05) is 6.20 Å². The van der Waals surface area contributed by atoms with E-state index < -0.39 is 34.6 Å². The van der Waals surface area contributed by atoms with Gasteiger partial charge in [-0.2, -0.15) is 5.26 Å². The summed E-state index contributed by atoms with van der Waals surface area (Å²) >= 11 is 0. The van der Waals surface area contributed by atoms with Gasteiger partial charge in [0.1, 0.15) is 17.3 Å². The van der Waals surface area contributed by atoms with Crippen molar-refractivity contribution in [2.24, 2.45) is 0 Å². The third kappa shape index (κ3) is 1.83. The number of aromatic amines is 1. The molecule has 0 atom stereocenters. The van der Waals surface area contributed by atoms with Gasteiger partial charge in [0.25, 0.3) is 6.43 Å². The summed E-state index contributed by atoms with van der Waals surface area (Å²) in [7, 11) is 0. The van der Waals surface area contributed by atoms with Crippen LogP contribution >= 0.6 is 0 Å². The van der Waals surface area contributed by atoms with Crippen molar-refractivity contribution in [1.82, 2.24) is 4.98 Å². The van der Waals surface area contributed by atoms with E-state index in [9.17, 15) is 18.4 Å². The molecule has 2 N–H and O–H groups in total. The average Bonchev–Trinajstić information content (AvgIpc) is 2.15. The van der Waals surface area contributed by atoms with E-state index in [0.717, 1.165) is 0 Å². The number of carboxylic acid groups (broad SMARTS) is 1. The number of nitriles is 1. The molecule has 0 aliphatic rings. The molecule has 1 rings (SSSR count). The Morgan fingerprint density at radius 1 is 1.60 bits per heavy atom. The van der Waals surface area contributed by atoms with Crippen molar-refractivity contribution in [1.29, 1.82) is 5.26 Å². The number of H-pyrrole nitrogens is 1. The Kier molecular flexibility index (Phi) is 2.80. The summed E-state index contributed by atoms with van der Waals surface area (Å²) < 4.78 is 24.4. The minimum atomic E-state index is -3.08. The molecular formula is C8H4F2N2O3. The second-order valence-corrected chi connectivity index (χ2v) is 2.54. The number of aromatic carboxylic acids is 1. The highest BCUT2D eigenvalue weighted by atomic mass is 19.3. The summed E-state index contributed by atoms with van der Waals surface area (Å²) in [5, 5.41) is 17.0. The van der Waals surface area contributed by atoms with Gasteiger partial charge in [-0.3, -0.25) is 4.79 Å². The van der Waals surface area contributed by atoms with E-state index in [-0.39, 0.29) is 0 Å². The van der Waals surface area contributed by atoms with Crippen LogP contribution in [0.2, 0.25) is 0 Å². The summed E-state index contributed by atoms with van der Waals surface area (Å²) in [4.78, 5) is 23.8. The molecule has 0 aliphatic carbocycles. The molecule has 1 aromatic heterocycles. The van der Waals surface area contributed by atoms with Gasteiger partial charge in [-0.05, 0) is 0 Å². The molecule has 0 bridgehead atoms. The molecule has 0 saturated heterocycles. The summed E-state index contributed by atoms with van der Waals surface area (Å²) in [6, 6.07) is 1.40. The first kappa shape index (κ1) is 10.8. The molecule has 0 saturated carbocycles. The Balaban J connectivity index is 3.59. The summed E-state index contributed by atoms with van der Waals surface area (Å²) in [5.41, 5.74) is -3.81. The van der Waals surface area contributed by atoms with Crippen molar-refractivity contribution in [2.45, 2.75) is 6.43 Å². The first-order valence-electron chi connectivity index (χ1n) is 3.66. The minimum absolute atomic E-state index is 0.545. The van der Waals surface area contributed by atoms with Crippen LogP contribution in [-0.2, 0) is 0 Å². The normalized spacial score (nSPS) is 10.0. The first-order valence-corrected chi connectivity index (χ1v) is 3.66. The van der Waals surface area contributed by atoms with Gasteiger partial charge in [0.2, 0.25) is 5.43 Å². The van der Waals surface area contributed by atoms with Crippen LogP contribution in [-0.4, -0.2) is 16.1 Å². The fourth-order valence-corrected chi connectivity index (χ4v) is 1.000. The van der Waals surface area contributed by atoms with E-state index in [2.05, 4.69) is 0 Å². The lowest BCUT2D eigenvalue weighted by Gasteiger charge is -2.01. The lowest BCUT2D eigenvalue weighted by molar-refractivity contribution is 0.0694. The molecule has 0 fully saturated rings. The highest BCUT2D eigenvalue weighted by molar-refractivity contribution is 5.89. The largest absolute Gasteiger partial charge is 0.477 e. The third-order valence-electron chi connectivity index (χ3n) is 1.67. The smallest absolute Gasteiger partial charge is 0.342 e. The maximum absolute atomic E-state index is 12.2. The molecule has 7 heteroatoms. The van der Waals surface area contributed by atoms with Crippen molar-refractivity contribution < 1.29 is 18.7 Å². The number of hydrogen-bond acceptors (Lipinski definition) is 3. The molecule has 0 unspecified atom stereocenters. The highest BCUT2D eigenvalue weighted by Crippen LogP contribution is 2.15. The van der Waals surface area contributed by atoms with Crippen LogP contribution in [0.5, 0.6) is 0 Å². The number of carboxylic acids is 1. The van der Waals surface area contributed by atoms with Crippen molar-refractivity contribution in [2.75, 3.05) is 0 Å². The van der Waals surface area contributed by atoms with Crippen LogP contribution in [0.15, 0.2) is 11.0 Å². The second-order valence-electron chi connectivity index (χ2n) is 2.54. The SMILES string of the molecule is N#Cc1[nH]cc(C(F)F)c(=O)c1C(=O)O. The number of rotatable bonds is 2. The van der Waals surface area contributed by atoms with Crippen molar-refractivity contribution in [3.05, 3.63) is 33.2 Å². The lowest BCUT2D eigenvalue weighted by atomic mass is 10.1. The molecule has 1 heterocycles. The molecule has 15 heavy (non-hydrogen) atoms. The topological polar surface area (TPSA) is 94.0 Å². The van der Waals surface area contributed by atoms with Gasteiger partial charge in [0.05, 0.1) is 5.56 Å². The molecule has 0 aliphatic heterocycles. The van der Waals surface area contributed by atoms with E-state index in [1.165, 1.54) is 6.07 Å². The van der Waals surface area contributed by atoms with Gasteiger partial charge < -0.3 is 10.1 Å². The predicted molar refractivity (Wildman–Crippen MR) is 43.7 cm³/mol. The molecule has 5 nitrogen and oxygen atoms in total. The Morgan fingerprint density at radius 3 is 2.60 bits per heavy atom. The van der Waals surface area contributed by atoms with Gasteiger partial charge in [-0.1, -0.05) is 0 Å². The van der Waals surface area contributed by atoms with E-state index in [0.29, 0.717) is 6.20 Å². The first-order chi connectivity index (χ1) is 6.99. The average molecular weight is 214 g/mol. The number of halogens is 2. The Bertz CT molecular complexity index is 502. The van der Waals surface area contributed by atoms with Crippen molar-refractivity contribution in [3.63, 3.8) is 0 Å². The van der Waals surface area contributed by atoms with Crippen LogP contribution in [0.1, 0.15) is 28.0 Å². The van der Waals surface area contributed by atoms with Crippen molar-refractivity contribution >= 4 is 5.97 Å². The van der Waals surface area contributed by atoms with Crippen LogP contribution in [0.3, 0.4) is 0 Å². The quantitative estimate of drug-likeness (QED) is 0.764. The van der Waals surface area contributed by atoms with Crippen LogP contribution in [0.25, 0.3) is 0 Å². The molecule has 1 aromatic rings. The number of carbonyl (C=O) groups is 1. The zero-order valence-corrected chi connectivity index (χ0v) is 7.12. The van der Waals surface area contributed by atoms with E-state index in [4.69, 9.17) is 10.4 Å². The molecule has 0 amide bonds. The molecule has 0 aromatic carbocycles. The highest BCUT2D eigenvalue weighted by Gasteiger charge is 2.22. The van der Waals surface area contributed by atoms with Gasteiger partial charge >= 0.3 is 5.97 Å². The summed E-state index contributed by atoms with van der Waals surface area (Å²) in [6.45, 7) is 0. The zero-order valence-electron chi connectivity index (χ0n) is 7.12. The molecule has 78 valence electrons. The molecular weight excluding hydrogens is 210 g/mol. The summed E-state index contributed by atoms with van der Waals surface area (Å²) in [6.07, 6.45) is -2.45. The Morgan fingerprint density at radius 2 is 2.20 bits per heavy atom. The number of aromatic nitrogens is 1. The maximum Gasteiger partial charge on any atom is 0.342 e. The Labute approximate surface area is 81.6 Å². The number of nitrogens with zero attached hydrogens (tertiary/aromatic N) is 1. The minimum Gasteiger partial charge on any atom is -0.477 e. The number of alkyl halides is 2. The third-order valence-corrected chi connectivity index (χ3v) is 1.67. The van der Waals surface area contributed by atoms with Crippen LogP contribution < -0.4 is 5.43 Å². The van der Waals surface area contributed by atoms with Crippen LogP contribution in [0.4, 0.5) is 8.78 Å². The lowest BCUT2D eigenvalue weighted by Crippen LogP contribution is -2.22. The van der Waals surface area contributed by atoms with E-state index >= 15 is 0 Å². The van der Waals surface area contributed by atoms with E-state index in [1.807, 2.05) is 4.98 Å². The Hall–Kier alpha value is -2.23. The molecule has 0 radical (unpaired) electrons. The van der Waals surface area contributed by atoms with Gasteiger partial charge in [0.15, 0.2) is 0 Å². The molecule has 0 spiro atoms. The monoisotopic (exact) mass is 214 g/mol. The number of hydrogen-bond donors (Lipinski definition) is 2. The predicted octanol–water partition coefficient (Wildman–Crippen LogP) is 0.882. The van der Waals surface area contributed by atoms with Gasteiger partial charge in [-0.15, -0.1) is 0 Å². The fraction of sp³-hybridized carbons (Fsp3) is 0.125. The fourth-order valence-electron chi connectivity index (χ4n) is 1.000. The van der Waals surface area contributed by atoms with Crippen LogP contribution in [0, 0.1) is 11.3 Å². The van der Waals surface area contributed by atoms with Gasteiger partial charge in [-0.25, -0.2) is 13.6 Å². The van der Waals surface area contributed by atoms with E-state index in [1.54, 1.807) is 0 Å². The maximum atomic E-state index is 12.2. The zero-order chi connectivity index (χ0) is 11.6. The number of nitrogens with one attached hydrogen (secondary N) is 1.